The molecule has 0 aliphatic carbocycles. The van der Waals surface area contributed by atoms with Crippen LogP contribution in [-0.2, 0) is 6.54 Å². The average molecular weight is 285 g/mol. The second kappa shape index (κ2) is 6.59. The fourth-order valence-electron chi connectivity index (χ4n) is 2.14. The highest BCUT2D eigenvalue weighted by Crippen LogP contribution is 2.25. The first-order valence-corrected chi connectivity index (χ1v) is 8.18. The molecular weight excluding hydrogens is 266 g/mol. The van der Waals surface area contributed by atoms with Crippen molar-refractivity contribution in [1.82, 2.24) is 5.32 Å². The van der Waals surface area contributed by atoms with Gasteiger partial charge in [-0.2, -0.15) is 11.8 Å². The molecule has 1 unspecified atom stereocenters. The van der Waals surface area contributed by atoms with Crippen molar-refractivity contribution in [2.24, 2.45) is 0 Å². The van der Waals surface area contributed by atoms with Gasteiger partial charge in [-0.3, -0.25) is 0 Å². The topological polar surface area (TPSA) is 49.3 Å². The first kappa shape index (κ1) is 13.9. The summed E-state index contributed by atoms with van der Waals surface area (Å²) in [6.45, 7) is 3.80. The van der Waals surface area contributed by atoms with Crippen LogP contribution in [0.1, 0.15) is 39.4 Å². The molecule has 0 aromatic carbocycles. The van der Waals surface area contributed by atoms with E-state index in [9.17, 15) is 4.79 Å². The van der Waals surface area contributed by atoms with Crippen molar-refractivity contribution < 1.29 is 9.90 Å². The third-order valence-electron chi connectivity index (χ3n) is 3.19. The molecule has 1 aliphatic rings. The molecule has 0 amide bonds. The number of carbonyl (C=O) groups is 1. The van der Waals surface area contributed by atoms with Gasteiger partial charge in [0.1, 0.15) is 4.88 Å². The van der Waals surface area contributed by atoms with Gasteiger partial charge in [0, 0.05) is 23.2 Å². The van der Waals surface area contributed by atoms with Gasteiger partial charge < -0.3 is 10.4 Å². The molecule has 1 aliphatic heterocycles. The predicted octanol–water partition coefficient (Wildman–Crippen LogP) is 3.13. The predicted molar refractivity (Wildman–Crippen MR) is 77.8 cm³/mol. The maximum Gasteiger partial charge on any atom is 0.345 e. The molecule has 0 bridgehead atoms. The monoisotopic (exact) mass is 285 g/mol. The number of aryl methyl sites for hydroxylation is 1. The number of hydrogen-bond acceptors (Lipinski definition) is 4. The van der Waals surface area contributed by atoms with Crippen LogP contribution < -0.4 is 5.32 Å². The smallest absolute Gasteiger partial charge is 0.345 e. The highest BCUT2D eigenvalue weighted by atomic mass is 32.2. The van der Waals surface area contributed by atoms with E-state index in [0.717, 1.165) is 28.8 Å². The summed E-state index contributed by atoms with van der Waals surface area (Å²) >= 11 is 3.42. The van der Waals surface area contributed by atoms with Gasteiger partial charge in [-0.1, -0.05) is 6.42 Å². The molecule has 1 atom stereocenters. The summed E-state index contributed by atoms with van der Waals surface area (Å²) in [6.07, 6.45) is 4.01. The Labute approximate surface area is 116 Å². The molecule has 1 aromatic rings. The second-order valence-electron chi connectivity index (χ2n) is 4.62. The van der Waals surface area contributed by atoms with Crippen LogP contribution in [0.3, 0.4) is 0 Å². The van der Waals surface area contributed by atoms with Crippen LogP contribution in [0.4, 0.5) is 0 Å². The highest BCUT2D eigenvalue weighted by Gasteiger charge is 2.14. The number of nitrogens with one attached hydrogen (secondary N) is 1. The van der Waals surface area contributed by atoms with Gasteiger partial charge in [0.05, 0.1) is 0 Å². The van der Waals surface area contributed by atoms with E-state index in [1.165, 1.54) is 36.4 Å². The van der Waals surface area contributed by atoms with Crippen molar-refractivity contribution in [3.8, 4) is 0 Å². The summed E-state index contributed by atoms with van der Waals surface area (Å²) in [7, 11) is 0. The summed E-state index contributed by atoms with van der Waals surface area (Å²) < 4.78 is 0. The number of carboxylic acids is 1. The zero-order chi connectivity index (χ0) is 13.0. The first-order chi connectivity index (χ1) is 8.66. The van der Waals surface area contributed by atoms with Crippen LogP contribution in [0.5, 0.6) is 0 Å². The average Bonchev–Trinajstić information content (AvgIpc) is 2.73. The lowest BCUT2D eigenvalue weighted by Gasteiger charge is -2.21. The summed E-state index contributed by atoms with van der Waals surface area (Å²) in [6, 6.07) is 1.79. The quantitative estimate of drug-likeness (QED) is 0.872. The van der Waals surface area contributed by atoms with E-state index < -0.39 is 5.97 Å². The normalized spacial score (nSPS) is 19.9. The van der Waals surface area contributed by atoms with E-state index >= 15 is 0 Å². The Kier molecular flexibility index (Phi) is 5.09. The van der Waals surface area contributed by atoms with Gasteiger partial charge in [0.2, 0.25) is 0 Å². The van der Waals surface area contributed by atoms with E-state index in [1.54, 1.807) is 6.07 Å². The Bertz CT molecular complexity index is 411. The van der Waals surface area contributed by atoms with E-state index in [1.807, 2.05) is 6.92 Å². The van der Waals surface area contributed by atoms with Crippen LogP contribution in [-0.4, -0.2) is 28.6 Å². The van der Waals surface area contributed by atoms with Crippen LogP contribution in [0.15, 0.2) is 6.07 Å². The number of aromatic carboxylic acids is 1. The number of hydrogen-bond donors (Lipinski definition) is 2. The van der Waals surface area contributed by atoms with E-state index in [4.69, 9.17) is 5.11 Å². The first-order valence-electron chi connectivity index (χ1n) is 6.31. The molecule has 1 aromatic heterocycles. The molecule has 0 saturated carbocycles. The Balaban J connectivity index is 1.80. The standard InChI is InChI=1S/C13H19NO2S2/c1-9-10(6-12(18-9)13(15)16)7-14-8-11-4-2-3-5-17-11/h6,11,14H,2-5,7-8H2,1H3,(H,15,16). The van der Waals surface area contributed by atoms with Gasteiger partial charge in [-0.15, -0.1) is 11.3 Å². The highest BCUT2D eigenvalue weighted by molar-refractivity contribution is 7.99. The maximum absolute atomic E-state index is 10.9. The Morgan fingerprint density at radius 3 is 3.00 bits per heavy atom. The minimum absolute atomic E-state index is 0.441. The van der Waals surface area contributed by atoms with Crippen molar-refractivity contribution in [3.63, 3.8) is 0 Å². The lowest BCUT2D eigenvalue weighted by Crippen LogP contribution is -2.26. The number of thiophene rings is 1. The van der Waals surface area contributed by atoms with Crippen LogP contribution in [0, 0.1) is 6.92 Å². The maximum atomic E-state index is 10.9. The molecule has 5 heteroatoms. The summed E-state index contributed by atoms with van der Waals surface area (Å²) in [4.78, 5) is 12.4. The van der Waals surface area contributed by atoms with Crippen LogP contribution in [0.2, 0.25) is 0 Å². The van der Waals surface area contributed by atoms with Crippen molar-refractivity contribution in [3.05, 3.63) is 21.4 Å². The third kappa shape index (κ3) is 3.73. The van der Waals surface area contributed by atoms with Gasteiger partial charge in [-0.25, -0.2) is 4.79 Å². The molecule has 1 saturated heterocycles. The zero-order valence-corrected chi connectivity index (χ0v) is 12.2. The molecule has 0 radical (unpaired) electrons. The molecule has 0 spiro atoms. The molecule has 18 heavy (non-hydrogen) atoms. The second-order valence-corrected chi connectivity index (χ2v) is 7.28. The lowest BCUT2D eigenvalue weighted by molar-refractivity contribution is 0.0702. The minimum Gasteiger partial charge on any atom is -0.477 e. The number of carboxylic acid groups (broad SMARTS) is 1. The van der Waals surface area contributed by atoms with Gasteiger partial charge in [-0.05, 0) is 37.1 Å². The number of rotatable bonds is 5. The molecule has 1 fully saturated rings. The van der Waals surface area contributed by atoms with Gasteiger partial charge in [0.15, 0.2) is 0 Å². The van der Waals surface area contributed by atoms with Crippen molar-refractivity contribution in [2.75, 3.05) is 12.3 Å². The number of thioether (sulfide) groups is 1. The van der Waals surface area contributed by atoms with E-state index in [0.29, 0.717) is 4.88 Å². The van der Waals surface area contributed by atoms with Gasteiger partial charge >= 0.3 is 5.97 Å². The Morgan fingerprint density at radius 2 is 2.39 bits per heavy atom. The van der Waals surface area contributed by atoms with Crippen LogP contribution in [0.25, 0.3) is 0 Å². The van der Waals surface area contributed by atoms with Crippen molar-refractivity contribution in [1.29, 1.82) is 0 Å². The molecule has 100 valence electrons. The molecule has 2 heterocycles. The molecule has 2 N–H and O–H groups in total. The van der Waals surface area contributed by atoms with E-state index in [-0.39, 0.29) is 0 Å². The third-order valence-corrected chi connectivity index (χ3v) is 5.67. The molecule has 3 nitrogen and oxygen atoms in total. The minimum atomic E-state index is -0.822. The van der Waals surface area contributed by atoms with Crippen molar-refractivity contribution >= 4 is 29.1 Å². The SMILES string of the molecule is Cc1sc(C(=O)O)cc1CNCC1CCCCS1. The summed E-state index contributed by atoms with van der Waals surface area (Å²) in [5.41, 5.74) is 1.12. The fraction of sp³-hybridized carbons (Fsp3) is 0.615. The van der Waals surface area contributed by atoms with Gasteiger partial charge in [0.25, 0.3) is 0 Å². The van der Waals surface area contributed by atoms with E-state index in [2.05, 4.69) is 17.1 Å². The van der Waals surface area contributed by atoms with Crippen LogP contribution >= 0.6 is 23.1 Å². The molecular formula is C13H19NO2S2. The molecule has 2 rings (SSSR count). The largest absolute Gasteiger partial charge is 0.477 e. The van der Waals surface area contributed by atoms with Crippen molar-refractivity contribution in [2.45, 2.75) is 38.0 Å². The Morgan fingerprint density at radius 1 is 1.56 bits per heavy atom. The zero-order valence-electron chi connectivity index (χ0n) is 10.6. The fourth-order valence-corrected chi connectivity index (χ4v) is 4.29. The Hall–Kier alpha value is -0.520. The summed E-state index contributed by atoms with van der Waals surface area (Å²) in [5.74, 6) is 0.463. The lowest BCUT2D eigenvalue weighted by atomic mass is 10.2. The summed E-state index contributed by atoms with van der Waals surface area (Å²) in [5, 5.41) is 13.1.